The van der Waals surface area contributed by atoms with E-state index in [1.807, 2.05) is 13.8 Å². The molecule has 2 atom stereocenters. The summed E-state index contributed by atoms with van der Waals surface area (Å²) in [6, 6.07) is 0. The van der Waals surface area contributed by atoms with Crippen LogP contribution in [0.3, 0.4) is 0 Å². The van der Waals surface area contributed by atoms with Gasteiger partial charge in [0, 0.05) is 20.2 Å². The second-order valence-electron chi connectivity index (χ2n) is 3.49. The standard InChI is InChI=1S/C9H17NO3/c1-7-4-10(5-8(2)13-7)9(11)6-12-3/h7-8H,4-6H2,1-3H3/t7-,8-/m0/s1. The lowest BCUT2D eigenvalue weighted by molar-refractivity contribution is -0.146. The minimum absolute atomic E-state index is 0.0458. The van der Waals surface area contributed by atoms with Crippen molar-refractivity contribution >= 4 is 5.91 Å². The average Bonchev–Trinajstić information content (AvgIpc) is 2.03. The third-order valence-electron chi connectivity index (χ3n) is 2.04. The van der Waals surface area contributed by atoms with Gasteiger partial charge in [-0.3, -0.25) is 4.79 Å². The Hall–Kier alpha value is -0.610. The van der Waals surface area contributed by atoms with Crippen molar-refractivity contribution in [3.05, 3.63) is 0 Å². The molecule has 76 valence electrons. The van der Waals surface area contributed by atoms with Crippen LogP contribution < -0.4 is 0 Å². The fraction of sp³-hybridized carbons (Fsp3) is 0.889. The van der Waals surface area contributed by atoms with Crippen molar-refractivity contribution in [2.75, 3.05) is 26.8 Å². The molecule has 0 aromatic heterocycles. The van der Waals surface area contributed by atoms with Crippen LogP contribution in [0.15, 0.2) is 0 Å². The van der Waals surface area contributed by atoms with Gasteiger partial charge in [-0.05, 0) is 13.8 Å². The van der Waals surface area contributed by atoms with E-state index < -0.39 is 0 Å². The molecule has 4 nitrogen and oxygen atoms in total. The summed E-state index contributed by atoms with van der Waals surface area (Å²) in [5.74, 6) is 0.0458. The smallest absolute Gasteiger partial charge is 0.248 e. The molecule has 0 aromatic rings. The average molecular weight is 187 g/mol. The molecule has 0 N–H and O–H groups in total. The Morgan fingerprint density at radius 2 is 2.00 bits per heavy atom. The van der Waals surface area contributed by atoms with E-state index in [2.05, 4.69) is 0 Å². The maximum atomic E-state index is 11.4. The molecule has 1 amide bonds. The molecule has 0 aromatic carbocycles. The first-order chi connectivity index (χ1) is 6.13. The van der Waals surface area contributed by atoms with Gasteiger partial charge in [0.15, 0.2) is 0 Å². The topological polar surface area (TPSA) is 38.8 Å². The number of ether oxygens (including phenoxy) is 2. The van der Waals surface area contributed by atoms with Gasteiger partial charge >= 0.3 is 0 Å². The van der Waals surface area contributed by atoms with Crippen LogP contribution in [0.5, 0.6) is 0 Å². The van der Waals surface area contributed by atoms with Gasteiger partial charge < -0.3 is 14.4 Å². The molecule has 1 heterocycles. The van der Waals surface area contributed by atoms with Crippen molar-refractivity contribution in [2.24, 2.45) is 0 Å². The minimum atomic E-state index is 0.0458. The molecule has 0 aliphatic carbocycles. The first-order valence-electron chi connectivity index (χ1n) is 4.55. The Morgan fingerprint density at radius 1 is 1.46 bits per heavy atom. The van der Waals surface area contributed by atoms with Crippen LogP contribution in [0.25, 0.3) is 0 Å². The zero-order valence-electron chi connectivity index (χ0n) is 8.45. The van der Waals surface area contributed by atoms with Crippen molar-refractivity contribution < 1.29 is 14.3 Å². The summed E-state index contributed by atoms with van der Waals surface area (Å²) in [4.78, 5) is 13.2. The highest BCUT2D eigenvalue weighted by molar-refractivity contribution is 5.77. The van der Waals surface area contributed by atoms with Crippen molar-refractivity contribution in [3.63, 3.8) is 0 Å². The zero-order chi connectivity index (χ0) is 9.84. The van der Waals surface area contributed by atoms with Crippen molar-refractivity contribution in [2.45, 2.75) is 26.1 Å². The van der Waals surface area contributed by atoms with Crippen LogP contribution in [0, 0.1) is 0 Å². The third kappa shape index (κ3) is 2.97. The SMILES string of the molecule is COCC(=O)N1C[C@H](C)O[C@@H](C)C1. The lowest BCUT2D eigenvalue weighted by atomic mass is 10.2. The van der Waals surface area contributed by atoms with Crippen LogP contribution in [-0.4, -0.2) is 49.8 Å². The van der Waals surface area contributed by atoms with Gasteiger partial charge in [-0.15, -0.1) is 0 Å². The Morgan fingerprint density at radius 3 is 2.46 bits per heavy atom. The number of rotatable bonds is 2. The highest BCUT2D eigenvalue weighted by atomic mass is 16.5. The third-order valence-corrected chi connectivity index (χ3v) is 2.04. The Balaban J connectivity index is 2.45. The van der Waals surface area contributed by atoms with E-state index in [-0.39, 0.29) is 24.7 Å². The molecule has 1 aliphatic heterocycles. The highest BCUT2D eigenvalue weighted by Crippen LogP contribution is 2.10. The molecular weight excluding hydrogens is 170 g/mol. The lowest BCUT2D eigenvalue weighted by Gasteiger charge is -2.35. The van der Waals surface area contributed by atoms with Gasteiger partial charge in [-0.2, -0.15) is 0 Å². The molecule has 1 saturated heterocycles. The number of carbonyl (C=O) groups excluding carboxylic acids is 1. The van der Waals surface area contributed by atoms with E-state index >= 15 is 0 Å². The summed E-state index contributed by atoms with van der Waals surface area (Å²) < 4.78 is 10.3. The highest BCUT2D eigenvalue weighted by Gasteiger charge is 2.25. The van der Waals surface area contributed by atoms with E-state index in [1.54, 1.807) is 4.90 Å². The van der Waals surface area contributed by atoms with Crippen LogP contribution >= 0.6 is 0 Å². The summed E-state index contributed by atoms with van der Waals surface area (Å²) in [7, 11) is 1.53. The van der Waals surface area contributed by atoms with Gasteiger partial charge in [0.2, 0.25) is 5.91 Å². The normalized spacial score (nSPS) is 29.0. The van der Waals surface area contributed by atoms with Gasteiger partial charge in [-0.25, -0.2) is 0 Å². The van der Waals surface area contributed by atoms with Crippen LogP contribution in [0.2, 0.25) is 0 Å². The summed E-state index contributed by atoms with van der Waals surface area (Å²) in [6.07, 6.45) is 0.258. The fourth-order valence-electron chi connectivity index (χ4n) is 1.60. The van der Waals surface area contributed by atoms with Gasteiger partial charge in [-0.1, -0.05) is 0 Å². The summed E-state index contributed by atoms with van der Waals surface area (Å²) in [5.41, 5.74) is 0. The quantitative estimate of drug-likeness (QED) is 0.623. The van der Waals surface area contributed by atoms with Crippen molar-refractivity contribution in [3.8, 4) is 0 Å². The molecule has 0 bridgehead atoms. The van der Waals surface area contributed by atoms with E-state index in [9.17, 15) is 4.79 Å². The number of methoxy groups -OCH3 is 1. The molecule has 0 spiro atoms. The van der Waals surface area contributed by atoms with Crippen LogP contribution in [-0.2, 0) is 14.3 Å². The molecule has 1 rings (SSSR count). The van der Waals surface area contributed by atoms with E-state index in [1.165, 1.54) is 7.11 Å². The Kier molecular flexibility index (Phi) is 3.69. The molecule has 1 fully saturated rings. The van der Waals surface area contributed by atoms with E-state index in [4.69, 9.17) is 9.47 Å². The van der Waals surface area contributed by atoms with Gasteiger partial charge in [0.05, 0.1) is 12.2 Å². The number of hydrogen-bond acceptors (Lipinski definition) is 3. The van der Waals surface area contributed by atoms with Gasteiger partial charge in [0.25, 0.3) is 0 Å². The summed E-state index contributed by atoms with van der Waals surface area (Å²) >= 11 is 0. The summed E-state index contributed by atoms with van der Waals surface area (Å²) in [6.45, 7) is 5.46. The monoisotopic (exact) mass is 187 g/mol. The number of carbonyl (C=O) groups is 1. The molecule has 0 radical (unpaired) electrons. The first kappa shape index (κ1) is 10.5. The number of hydrogen-bond donors (Lipinski definition) is 0. The zero-order valence-corrected chi connectivity index (χ0v) is 8.45. The minimum Gasteiger partial charge on any atom is -0.375 e. The van der Waals surface area contributed by atoms with E-state index in [0.29, 0.717) is 13.1 Å². The predicted octanol–water partition coefficient (Wildman–Crippen LogP) is 0.269. The molecular formula is C9H17NO3. The second kappa shape index (κ2) is 4.58. The number of amides is 1. The largest absolute Gasteiger partial charge is 0.375 e. The maximum absolute atomic E-state index is 11.4. The number of morpholine rings is 1. The lowest BCUT2D eigenvalue weighted by Crippen LogP contribution is -2.49. The van der Waals surface area contributed by atoms with Crippen molar-refractivity contribution in [1.82, 2.24) is 4.90 Å². The molecule has 1 aliphatic rings. The van der Waals surface area contributed by atoms with Crippen LogP contribution in [0.1, 0.15) is 13.8 Å². The fourth-order valence-corrected chi connectivity index (χ4v) is 1.60. The molecule has 0 unspecified atom stereocenters. The van der Waals surface area contributed by atoms with Gasteiger partial charge in [0.1, 0.15) is 6.61 Å². The molecule has 4 heteroatoms. The van der Waals surface area contributed by atoms with Crippen LogP contribution in [0.4, 0.5) is 0 Å². The first-order valence-corrected chi connectivity index (χ1v) is 4.55. The predicted molar refractivity (Wildman–Crippen MR) is 48.5 cm³/mol. The van der Waals surface area contributed by atoms with Crippen molar-refractivity contribution in [1.29, 1.82) is 0 Å². The maximum Gasteiger partial charge on any atom is 0.248 e. The molecule has 13 heavy (non-hydrogen) atoms. The Bertz CT molecular complexity index is 174. The Labute approximate surface area is 78.8 Å². The number of nitrogens with zero attached hydrogens (tertiary/aromatic N) is 1. The molecule has 0 saturated carbocycles. The summed E-state index contributed by atoms with van der Waals surface area (Å²) in [5, 5.41) is 0. The second-order valence-corrected chi connectivity index (χ2v) is 3.49. The van der Waals surface area contributed by atoms with E-state index in [0.717, 1.165) is 0 Å².